The van der Waals surface area contributed by atoms with Gasteiger partial charge in [0.15, 0.2) is 17.6 Å². The van der Waals surface area contributed by atoms with Crippen LogP contribution in [-0.4, -0.2) is 85.7 Å². The van der Waals surface area contributed by atoms with Crippen molar-refractivity contribution in [3.05, 3.63) is 107 Å². The number of ether oxygens (including phenoxy) is 7. The molecule has 4 aliphatic rings. The Balaban J connectivity index is 1.23. The summed E-state index contributed by atoms with van der Waals surface area (Å²) < 4.78 is 41.2. The lowest BCUT2D eigenvalue weighted by Crippen LogP contribution is -2.51. The summed E-state index contributed by atoms with van der Waals surface area (Å²) >= 11 is 0. The molecule has 290 valence electrons. The Labute approximate surface area is 320 Å². The van der Waals surface area contributed by atoms with Gasteiger partial charge in [-0.2, -0.15) is 0 Å². The SMILES string of the molecule is COC(=O)C[C@@](CCCC(C)(C)OC(=O)c1ccccc1)(OC(=O)c1ccccc1)C(=O)O[C@@H]1C(OC)=C[C@]23CCCN2CCc2cc4c(cc2[C@H]13)OCO4. The molecule has 12 nitrogen and oxygen atoms in total. The molecular formula is C43H47NO11. The fourth-order valence-corrected chi connectivity index (χ4v) is 8.56. The second-order valence-electron chi connectivity index (χ2n) is 15.2. The standard InChI is InChI=1S/C43H47NO11/c1-41(2,54-38(46)28-13-7-5-8-14-28)18-11-20-43(26-35(45)50-4,55-39(47)29-15-9-6-10-16-29)40(48)53-37-34(49-3)25-42-19-12-21-44(42)22-17-30-23-32-33(52-27-51-32)24-31(30)36(37)42/h5-10,13-16,23-25,36-37H,11-12,17-22,26-27H2,1-4H3/t36-,37-,42+,43-/m1/s1. The summed E-state index contributed by atoms with van der Waals surface area (Å²) in [6.07, 6.45) is 3.35. The van der Waals surface area contributed by atoms with Crippen LogP contribution < -0.4 is 9.47 Å². The highest BCUT2D eigenvalue weighted by Crippen LogP contribution is 2.56. The minimum Gasteiger partial charge on any atom is -0.497 e. The molecule has 0 aromatic heterocycles. The lowest BCUT2D eigenvalue weighted by Gasteiger charge is -2.40. The van der Waals surface area contributed by atoms with Crippen LogP contribution in [0.25, 0.3) is 0 Å². The zero-order chi connectivity index (χ0) is 38.8. The van der Waals surface area contributed by atoms with Crippen molar-refractivity contribution in [2.45, 2.75) is 87.6 Å². The van der Waals surface area contributed by atoms with Gasteiger partial charge in [0.25, 0.3) is 0 Å². The molecule has 3 heterocycles. The number of carbonyl (C=O) groups is 4. The van der Waals surface area contributed by atoms with Gasteiger partial charge in [0.05, 0.1) is 43.2 Å². The number of fused-ring (bicyclic) bond motifs is 3. The Morgan fingerprint density at radius 2 is 1.51 bits per heavy atom. The topological polar surface area (TPSA) is 136 Å². The molecule has 4 atom stereocenters. The summed E-state index contributed by atoms with van der Waals surface area (Å²) in [6, 6.07) is 20.9. The van der Waals surface area contributed by atoms with Crippen LogP contribution in [-0.2, 0) is 39.7 Å². The van der Waals surface area contributed by atoms with Crippen molar-refractivity contribution in [1.82, 2.24) is 4.90 Å². The van der Waals surface area contributed by atoms with E-state index in [1.807, 2.05) is 18.2 Å². The molecule has 3 aromatic rings. The van der Waals surface area contributed by atoms with Crippen molar-refractivity contribution in [1.29, 1.82) is 0 Å². The Hall–Kier alpha value is -5.36. The van der Waals surface area contributed by atoms with Gasteiger partial charge in [0.2, 0.25) is 12.4 Å². The molecule has 0 N–H and O–H groups in total. The van der Waals surface area contributed by atoms with E-state index in [9.17, 15) is 14.4 Å². The maximum atomic E-state index is 15.0. The number of rotatable bonds is 13. The molecule has 1 aliphatic carbocycles. The van der Waals surface area contributed by atoms with E-state index in [-0.39, 0.29) is 31.6 Å². The first-order valence-electron chi connectivity index (χ1n) is 18.8. The minimum atomic E-state index is -2.12. The molecular weight excluding hydrogens is 706 g/mol. The summed E-state index contributed by atoms with van der Waals surface area (Å²) in [5, 5.41) is 0. The van der Waals surface area contributed by atoms with E-state index < -0.39 is 59.1 Å². The summed E-state index contributed by atoms with van der Waals surface area (Å²) in [5.74, 6) is -1.65. The van der Waals surface area contributed by atoms with Crippen LogP contribution >= 0.6 is 0 Å². The van der Waals surface area contributed by atoms with Gasteiger partial charge in [0.1, 0.15) is 11.4 Å². The third-order valence-electron chi connectivity index (χ3n) is 11.3. The molecule has 7 rings (SSSR count). The zero-order valence-corrected chi connectivity index (χ0v) is 31.7. The van der Waals surface area contributed by atoms with Crippen LogP contribution in [0.5, 0.6) is 11.5 Å². The predicted molar refractivity (Wildman–Crippen MR) is 199 cm³/mol. The van der Waals surface area contributed by atoms with Crippen molar-refractivity contribution < 1.29 is 52.3 Å². The van der Waals surface area contributed by atoms with Crippen LogP contribution in [0.4, 0.5) is 0 Å². The summed E-state index contributed by atoms with van der Waals surface area (Å²) in [7, 11) is 2.75. The third kappa shape index (κ3) is 7.52. The number of esters is 4. The van der Waals surface area contributed by atoms with Gasteiger partial charge in [-0.25, -0.2) is 14.4 Å². The van der Waals surface area contributed by atoms with Crippen molar-refractivity contribution in [2.24, 2.45) is 0 Å². The average molecular weight is 754 g/mol. The minimum absolute atomic E-state index is 0.116. The molecule has 3 aliphatic heterocycles. The van der Waals surface area contributed by atoms with E-state index in [2.05, 4.69) is 11.0 Å². The van der Waals surface area contributed by atoms with Gasteiger partial charge in [-0.1, -0.05) is 36.4 Å². The number of hydrogen-bond acceptors (Lipinski definition) is 12. The van der Waals surface area contributed by atoms with Crippen molar-refractivity contribution in [3.63, 3.8) is 0 Å². The number of methoxy groups -OCH3 is 2. The highest BCUT2D eigenvalue weighted by Gasteiger charge is 2.59. The largest absolute Gasteiger partial charge is 0.497 e. The van der Waals surface area contributed by atoms with Crippen LogP contribution in [0.3, 0.4) is 0 Å². The molecule has 12 heteroatoms. The van der Waals surface area contributed by atoms with Gasteiger partial charge in [-0.15, -0.1) is 0 Å². The van der Waals surface area contributed by atoms with Gasteiger partial charge in [-0.3, -0.25) is 9.69 Å². The molecule has 55 heavy (non-hydrogen) atoms. The Morgan fingerprint density at radius 1 is 0.855 bits per heavy atom. The van der Waals surface area contributed by atoms with Crippen LogP contribution in [0, 0.1) is 0 Å². The maximum absolute atomic E-state index is 15.0. The van der Waals surface area contributed by atoms with Crippen LogP contribution in [0.1, 0.15) is 90.1 Å². The van der Waals surface area contributed by atoms with Gasteiger partial charge < -0.3 is 33.2 Å². The lowest BCUT2D eigenvalue weighted by atomic mass is 9.77. The number of nitrogens with zero attached hydrogens (tertiary/aromatic N) is 1. The molecule has 0 saturated carbocycles. The normalized spacial score (nSPS) is 22.1. The van der Waals surface area contributed by atoms with Crippen molar-refractivity contribution in [2.75, 3.05) is 34.1 Å². The first kappa shape index (κ1) is 37.9. The second kappa shape index (κ2) is 15.4. The summed E-state index contributed by atoms with van der Waals surface area (Å²) in [5.41, 5.74) is -1.02. The smallest absolute Gasteiger partial charge is 0.351 e. The molecule has 0 unspecified atom stereocenters. The zero-order valence-electron chi connectivity index (χ0n) is 31.7. The Bertz CT molecular complexity index is 1960. The highest BCUT2D eigenvalue weighted by atomic mass is 16.7. The van der Waals surface area contributed by atoms with Crippen LogP contribution in [0.2, 0.25) is 0 Å². The number of hydrogen-bond donors (Lipinski definition) is 0. The number of carbonyl (C=O) groups excluding carboxylic acids is 4. The molecule has 0 bridgehead atoms. The molecule has 3 aromatic carbocycles. The monoisotopic (exact) mass is 753 g/mol. The fourth-order valence-electron chi connectivity index (χ4n) is 8.56. The van der Waals surface area contributed by atoms with Gasteiger partial charge in [0, 0.05) is 6.54 Å². The van der Waals surface area contributed by atoms with E-state index in [0.29, 0.717) is 22.8 Å². The Morgan fingerprint density at radius 3 is 2.16 bits per heavy atom. The third-order valence-corrected chi connectivity index (χ3v) is 11.3. The number of benzene rings is 3. The second-order valence-corrected chi connectivity index (χ2v) is 15.2. The van der Waals surface area contributed by atoms with E-state index in [1.165, 1.54) is 7.11 Å². The molecule has 0 amide bonds. The van der Waals surface area contributed by atoms with E-state index in [4.69, 9.17) is 33.2 Å². The molecule has 1 spiro atoms. The van der Waals surface area contributed by atoms with E-state index in [1.54, 1.807) is 75.6 Å². The Kier molecular flexibility index (Phi) is 10.6. The molecule has 0 radical (unpaired) electrons. The summed E-state index contributed by atoms with van der Waals surface area (Å²) in [6.45, 7) is 5.28. The fraction of sp³-hybridized carbons (Fsp3) is 0.442. The highest BCUT2D eigenvalue weighted by molar-refractivity contribution is 5.94. The van der Waals surface area contributed by atoms with E-state index in [0.717, 1.165) is 43.5 Å². The predicted octanol–water partition coefficient (Wildman–Crippen LogP) is 6.31. The molecule has 1 saturated heterocycles. The van der Waals surface area contributed by atoms with E-state index >= 15 is 4.79 Å². The van der Waals surface area contributed by atoms with Crippen molar-refractivity contribution in [3.8, 4) is 11.5 Å². The van der Waals surface area contributed by atoms with Gasteiger partial charge in [-0.05, 0) is 113 Å². The average Bonchev–Trinajstić information content (AvgIpc) is 3.88. The first-order valence-corrected chi connectivity index (χ1v) is 18.8. The van der Waals surface area contributed by atoms with Crippen molar-refractivity contribution >= 4 is 23.9 Å². The summed E-state index contributed by atoms with van der Waals surface area (Å²) in [4.78, 5) is 57.5. The quantitative estimate of drug-likeness (QED) is 0.143. The first-order chi connectivity index (χ1) is 26.5. The van der Waals surface area contributed by atoms with Crippen LogP contribution in [0.15, 0.2) is 84.6 Å². The molecule has 1 fully saturated rings. The lowest BCUT2D eigenvalue weighted by molar-refractivity contribution is -0.179. The maximum Gasteiger partial charge on any atom is 0.351 e. The van der Waals surface area contributed by atoms with Gasteiger partial charge >= 0.3 is 23.9 Å².